The zero-order valence-corrected chi connectivity index (χ0v) is 13.9. The van der Waals surface area contributed by atoms with Crippen molar-refractivity contribution in [1.82, 2.24) is 0 Å². The number of hydrogen-bond donors (Lipinski definition) is 1. The van der Waals surface area contributed by atoms with Crippen LogP contribution in [-0.2, 0) is 4.74 Å². The summed E-state index contributed by atoms with van der Waals surface area (Å²) in [6.07, 6.45) is 4.85. The molecule has 1 aromatic rings. The Morgan fingerprint density at radius 1 is 1.47 bits per heavy atom. The second-order valence-electron chi connectivity index (χ2n) is 5.23. The zero-order valence-electron chi connectivity index (χ0n) is 11.5. The molecule has 0 spiro atoms. The lowest BCUT2D eigenvalue weighted by Crippen LogP contribution is -2.34. The van der Waals surface area contributed by atoms with Gasteiger partial charge < -0.3 is 10.1 Å². The summed E-state index contributed by atoms with van der Waals surface area (Å²) in [5.74, 6) is 0. The second kappa shape index (κ2) is 6.96. The first-order valence-corrected chi connectivity index (χ1v) is 8.11. The average Bonchev–Trinajstić information content (AvgIpc) is 2.37. The molecule has 2 atom stereocenters. The molecule has 1 heterocycles. The molecule has 0 amide bonds. The molecule has 1 N–H and O–H groups in total. The van der Waals surface area contributed by atoms with Gasteiger partial charge in [0.2, 0.25) is 0 Å². The summed E-state index contributed by atoms with van der Waals surface area (Å²) < 4.78 is 6.86. The summed E-state index contributed by atoms with van der Waals surface area (Å²) in [6.45, 7) is 5.07. The van der Waals surface area contributed by atoms with Gasteiger partial charge in [0, 0.05) is 22.1 Å². The van der Waals surface area contributed by atoms with E-state index in [-0.39, 0.29) is 0 Å². The Hall–Kier alpha value is -0.250. The minimum Gasteiger partial charge on any atom is -0.381 e. The lowest BCUT2D eigenvalue weighted by molar-refractivity contribution is 0.00597. The lowest BCUT2D eigenvalue weighted by atomic mass is 10.00. The quantitative estimate of drug-likeness (QED) is 0.812. The fraction of sp³-hybridized carbons (Fsp3) is 0.600. The van der Waals surface area contributed by atoms with Gasteiger partial charge in [-0.3, -0.25) is 0 Å². The van der Waals surface area contributed by atoms with Crippen molar-refractivity contribution in [3.05, 3.63) is 27.2 Å². The molecule has 2 unspecified atom stereocenters. The first kappa shape index (κ1) is 15.1. The standard InChI is InChI=1S/C15H21BrClNO/c1-3-4-12-8-11(5-6-19-12)18-15-9-14(17)10(2)7-13(15)16/h7,9,11-12,18H,3-6,8H2,1-2H3. The van der Waals surface area contributed by atoms with E-state index in [0.29, 0.717) is 12.1 Å². The monoisotopic (exact) mass is 345 g/mol. The van der Waals surface area contributed by atoms with Gasteiger partial charge in [0.25, 0.3) is 0 Å². The van der Waals surface area contributed by atoms with Crippen molar-refractivity contribution in [3.63, 3.8) is 0 Å². The Balaban J connectivity index is 2.02. The predicted molar refractivity (Wildman–Crippen MR) is 85.2 cm³/mol. The van der Waals surface area contributed by atoms with Crippen LogP contribution in [0.1, 0.15) is 38.2 Å². The normalized spacial score (nSPS) is 23.4. The van der Waals surface area contributed by atoms with Gasteiger partial charge in [0.15, 0.2) is 0 Å². The van der Waals surface area contributed by atoms with Gasteiger partial charge in [-0.05, 0) is 59.8 Å². The van der Waals surface area contributed by atoms with Crippen molar-refractivity contribution in [2.75, 3.05) is 11.9 Å². The number of hydrogen-bond acceptors (Lipinski definition) is 2. The molecule has 2 nitrogen and oxygen atoms in total. The number of halogens is 2. The highest BCUT2D eigenvalue weighted by atomic mass is 79.9. The van der Waals surface area contributed by atoms with Crippen molar-refractivity contribution in [2.45, 2.75) is 51.7 Å². The molecule has 0 aromatic heterocycles. The van der Waals surface area contributed by atoms with E-state index in [4.69, 9.17) is 16.3 Å². The van der Waals surface area contributed by atoms with Crippen molar-refractivity contribution in [3.8, 4) is 0 Å². The highest BCUT2D eigenvalue weighted by Gasteiger charge is 2.22. The van der Waals surface area contributed by atoms with Gasteiger partial charge in [-0.1, -0.05) is 24.9 Å². The summed E-state index contributed by atoms with van der Waals surface area (Å²) in [4.78, 5) is 0. The van der Waals surface area contributed by atoms with Crippen LogP contribution in [0.4, 0.5) is 5.69 Å². The summed E-state index contributed by atoms with van der Waals surface area (Å²) >= 11 is 9.80. The van der Waals surface area contributed by atoms with Crippen LogP contribution < -0.4 is 5.32 Å². The molecular formula is C15H21BrClNO. The van der Waals surface area contributed by atoms with Crippen molar-refractivity contribution in [2.24, 2.45) is 0 Å². The van der Waals surface area contributed by atoms with E-state index in [1.165, 1.54) is 6.42 Å². The Labute approximate surface area is 129 Å². The van der Waals surface area contributed by atoms with Crippen LogP contribution in [-0.4, -0.2) is 18.8 Å². The summed E-state index contributed by atoms with van der Waals surface area (Å²) in [6, 6.07) is 4.54. The van der Waals surface area contributed by atoms with E-state index in [0.717, 1.165) is 46.6 Å². The highest BCUT2D eigenvalue weighted by Crippen LogP contribution is 2.31. The molecular weight excluding hydrogens is 326 g/mol. The summed E-state index contributed by atoms with van der Waals surface area (Å²) in [5, 5.41) is 4.40. The van der Waals surface area contributed by atoms with E-state index < -0.39 is 0 Å². The molecule has 1 aliphatic rings. The minimum atomic E-state index is 0.399. The Morgan fingerprint density at radius 3 is 3.00 bits per heavy atom. The predicted octanol–water partition coefficient (Wildman–Crippen LogP) is 5.17. The van der Waals surface area contributed by atoms with E-state index in [9.17, 15) is 0 Å². The summed E-state index contributed by atoms with van der Waals surface area (Å²) in [7, 11) is 0. The number of rotatable bonds is 4. The van der Waals surface area contributed by atoms with Crippen molar-refractivity contribution in [1.29, 1.82) is 0 Å². The van der Waals surface area contributed by atoms with Crippen LogP contribution in [0.3, 0.4) is 0 Å². The third kappa shape index (κ3) is 4.11. The molecule has 1 saturated heterocycles. The van der Waals surface area contributed by atoms with Crippen LogP contribution in [0.2, 0.25) is 5.02 Å². The van der Waals surface area contributed by atoms with E-state index in [1.54, 1.807) is 0 Å². The summed E-state index contributed by atoms with van der Waals surface area (Å²) in [5.41, 5.74) is 2.17. The van der Waals surface area contributed by atoms with Gasteiger partial charge in [0.1, 0.15) is 0 Å². The van der Waals surface area contributed by atoms with Crippen LogP contribution in [0.15, 0.2) is 16.6 Å². The van der Waals surface area contributed by atoms with Crippen molar-refractivity contribution < 1.29 is 4.74 Å². The van der Waals surface area contributed by atoms with Crippen LogP contribution in [0, 0.1) is 6.92 Å². The number of aryl methyl sites for hydroxylation is 1. The molecule has 1 fully saturated rings. The molecule has 19 heavy (non-hydrogen) atoms. The molecule has 0 aliphatic carbocycles. The van der Waals surface area contributed by atoms with Crippen LogP contribution in [0.5, 0.6) is 0 Å². The third-order valence-electron chi connectivity index (χ3n) is 3.59. The molecule has 0 saturated carbocycles. The maximum atomic E-state index is 6.20. The molecule has 4 heteroatoms. The highest BCUT2D eigenvalue weighted by molar-refractivity contribution is 9.10. The van der Waals surface area contributed by atoms with Crippen molar-refractivity contribution >= 4 is 33.2 Å². The molecule has 106 valence electrons. The van der Waals surface area contributed by atoms with E-state index in [1.807, 2.05) is 13.0 Å². The topological polar surface area (TPSA) is 21.3 Å². The molecule has 0 radical (unpaired) electrons. The number of anilines is 1. The fourth-order valence-corrected chi connectivity index (χ4v) is 3.25. The van der Waals surface area contributed by atoms with Crippen LogP contribution >= 0.6 is 27.5 Å². The minimum absolute atomic E-state index is 0.399. The maximum absolute atomic E-state index is 6.20. The van der Waals surface area contributed by atoms with E-state index >= 15 is 0 Å². The largest absolute Gasteiger partial charge is 0.381 e. The molecule has 0 bridgehead atoms. The number of nitrogens with one attached hydrogen (secondary N) is 1. The Kier molecular flexibility index (Phi) is 5.55. The Morgan fingerprint density at radius 2 is 2.26 bits per heavy atom. The molecule has 1 aromatic carbocycles. The van der Waals surface area contributed by atoms with Crippen LogP contribution in [0.25, 0.3) is 0 Å². The van der Waals surface area contributed by atoms with Gasteiger partial charge >= 0.3 is 0 Å². The third-order valence-corrected chi connectivity index (χ3v) is 4.65. The van der Waals surface area contributed by atoms with Gasteiger partial charge in [0.05, 0.1) is 11.8 Å². The molecule has 1 aliphatic heterocycles. The van der Waals surface area contributed by atoms with Gasteiger partial charge in [-0.2, -0.15) is 0 Å². The number of benzene rings is 1. The average molecular weight is 347 g/mol. The lowest BCUT2D eigenvalue weighted by Gasteiger charge is -2.31. The zero-order chi connectivity index (χ0) is 13.8. The SMILES string of the molecule is CCCC1CC(Nc2cc(Cl)c(C)cc2Br)CCO1. The smallest absolute Gasteiger partial charge is 0.0594 e. The second-order valence-corrected chi connectivity index (χ2v) is 6.49. The Bertz CT molecular complexity index is 436. The maximum Gasteiger partial charge on any atom is 0.0594 e. The first-order valence-electron chi connectivity index (χ1n) is 6.94. The van der Waals surface area contributed by atoms with Gasteiger partial charge in [-0.15, -0.1) is 0 Å². The first-order chi connectivity index (χ1) is 9.10. The van der Waals surface area contributed by atoms with Gasteiger partial charge in [-0.25, -0.2) is 0 Å². The molecule has 2 rings (SSSR count). The van der Waals surface area contributed by atoms with E-state index in [2.05, 4.69) is 34.2 Å². The number of ether oxygens (including phenoxy) is 1. The fourth-order valence-electron chi connectivity index (χ4n) is 2.51.